The van der Waals surface area contributed by atoms with Gasteiger partial charge in [-0.1, -0.05) is 11.3 Å². The number of aryl methyl sites for hydroxylation is 1. The van der Waals surface area contributed by atoms with Gasteiger partial charge in [-0.15, -0.1) is 10.2 Å². The maximum Gasteiger partial charge on any atom is 0.283 e. The van der Waals surface area contributed by atoms with Crippen molar-refractivity contribution in [2.45, 2.75) is 18.5 Å². The van der Waals surface area contributed by atoms with Crippen molar-refractivity contribution >= 4 is 26.5 Å². The lowest BCUT2D eigenvalue weighted by Gasteiger charge is -2.03. The molecular formula is C7H10N6O2S2. The first-order valence-corrected chi connectivity index (χ1v) is 6.94. The molecule has 4 N–H and O–H groups in total. The van der Waals surface area contributed by atoms with Crippen molar-refractivity contribution in [3.8, 4) is 0 Å². The SMILES string of the molecule is Cc1[nH]nc(S(=O)(=O)Nc2nncs2)c1CN. The van der Waals surface area contributed by atoms with Gasteiger partial charge in [-0.3, -0.25) is 9.82 Å². The molecule has 0 bridgehead atoms. The molecule has 92 valence electrons. The first-order chi connectivity index (χ1) is 8.04. The summed E-state index contributed by atoms with van der Waals surface area (Å²) < 4.78 is 26.2. The minimum absolute atomic E-state index is 0.0920. The predicted octanol–water partition coefficient (Wildman–Crippen LogP) is -0.171. The number of aromatic nitrogens is 4. The molecule has 0 aliphatic heterocycles. The third-order valence-corrected chi connectivity index (χ3v) is 4.12. The average molecular weight is 274 g/mol. The van der Waals surface area contributed by atoms with Gasteiger partial charge in [0, 0.05) is 17.8 Å². The van der Waals surface area contributed by atoms with Gasteiger partial charge in [0.15, 0.2) is 0 Å². The van der Waals surface area contributed by atoms with Gasteiger partial charge in [-0.25, -0.2) is 0 Å². The number of sulfonamides is 1. The molecule has 0 unspecified atom stereocenters. The number of H-pyrrole nitrogens is 1. The number of anilines is 1. The fourth-order valence-electron chi connectivity index (χ4n) is 1.27. The van der Waals surface area contributed by atoms with E-state index in [0.29, 0.717) is 11.3 Å². The second kappa shape index (κ2) is 4.39. The van der Waals surface area contributed by atoms with Crippen molar-refractivity contribution < 1.29 is 8.42 Å². The van der Waals surface area contributed by atoms with Crippen molar-refractivity contribution in [1.29, 1.82) is 0 Å². The molecule has 2 aromatic heterocycles. The molecule has 0 atom stereocenters. The molecule has 2 aromatic rings. The lowest BCUT2D eigenvalue weighted by atomic mass is 10.3. The monoisotopic (exact) mass is 274 g/mol. The number of hydrogen-bond acceptors (Lipinski definition) is 7. The molecule has 2 rings (SSSR count). The van der Waals surface area contributed by atoms with E-state index < -0.39 is 10.0 Å². The zero-order valence-electron chi connectivity index (χ0n) is 8.84. The van der Waals surface area contributed by atoms with Crippen LogP contribution in [0.5, 0.6) is 0 Å². The van der Waals surface area contributed by atoms with Gasteiger partial charge in [-0.05, 0) is 6.92 Å². The Hall–Kier alpha value is -1.52. The lowest BCUT2D eigenvalue weighted by molar-refractivity contribution is 0.595. The van der Waals surface area contributed by atoms with Crippen LogP contribution in [0.3, 0.4) is 0 Å². The van der Waals surface area contributed by atoms with Gasteiger partial charge in [0.2, 0.25) is 10.2 Å². The summed E-state index contributed by atoms with van der Waals surface area (Å²) in [6.45, 7) is 1.80. The third-order valence-electron chi connectivity index (χ3n) is 2.08. The van der Waals surface area contributed by atoms with Crippen LogP contribution in [0.2, 0.25) is 0 Å². The molecule has 2 heterocycles. The van der Waals surface area contributed by atoms with Crippen LogP contribution in [-0.4, -0.2) is 28.8 Å². The van der Waals surface area contributed by atoms with Crippen molar-refractivity contribution in [3.63, 3.8) is 0 Å². The highest BCUT2D eigenvalue weighted by Crippen LogP contribution is 2.19. The van der Waals surface area contributed by atoms with Crippen molar-refractivity contribution in [2.24, 2.45) is 5.73 Å². The second-order valence-corrected chi connectivity index (χ2v) is 5.62. The van der Waals surface area contributed by atoms with E-state index in [-0.39, 0.29) is 16.7 Å². The molecule has 0 aliphatic carbocycles. The van der Waals surface area contributed by atoms with Gasteiger partial charge < -0.3 is 5.73 Å². The molecule has 0 saturated heterocycles. The Balaban J connectivity index is 2.38. The van der Waals surface area contributed by atoms with E-state index in [1.807, 2.05) is 0 Å². The quantitative estimate of drug-likeness (QED) is 0.710. The van der Waals surface area contributed by atoms with Crippen molar-refractivity contribution in [2.75, 3.05) is 4.72 Å². The van der Waals surface area contributed by atoms with Gasteiger partial charge in [0.05, 0.1) is 0 Å². The molecule has 0 amide bonds. The maximum atomic E-state index is 12.0. The van der Waals surface area contributed by atoms with Gasteiger partial charge in [0.1, 0.15) is 5.51 Å². The van der Waals surface area contributed by atoms with Gasteiger partial charge in [0.25, 0.3) is 10.0 Å². The maximum absolute atomic E-state index is 12.0. The van der Waals surface area contributed by atoms with E-state index in [0.717, 1.165) is 11.3 Å². The van der Waals surface area contributed by atoms with Gasteiger partial charge in [-0.2, -0.15) is 13.5 Å². The summed E-state index contributed by atoms with van der Waals surface area (Å²) in [5.74, 6) is 0. The number of hydrogen-bond donors (Lipinski definition) is 3. The van der Waals surface area contributed by atoms with Gasteiger partial charge >= 0.3 is 0 Å². The molecule has 0 radical (unpaired) electrons. The predicted molar refractivity (Wildman–Crippen MR) is 61.9 cm³/mol. The highest BCUT2D eigenvalue weighted by molar-refractivity contribution is 7.92. The van der Waals surface area contributed by atoms with E-state index in [4.69, 9.17) is 5.73 Å². The molecule has 8 nitrogen and oxygen atoms in total. The van der Waals surface area contributed by atoms with Crippen LogP contribution in [-0.2, 0) is 16.6 Å². The molecule has 0 aromatic carbocycles. The van der Waals surface area contributed by atoms with E-state index in [9.17, 15) is 8.42 Å². The number of nitrogens with one attached hydrogen (secondary N) is 2. The van der Waals surface area contributed by atoms with Crippen LogP contribution in [0.25, 0.3) is 0 Å². The Morgan fingerprint density at radius 1 is 1.59 bits per heavy atom. The minimum atomic E-state index is -3.77. The molecule has 0 spiro atoms. The Kier molecular flexibility index (Phi) is 3.09. The van der Waals surface area contributed by atoms with E-state index in [1.165, 1.54) is 5.51 Å². The standard InChI is InChI=1S/C7H10N6O2S2/c1-4-5(2-8)6(11-10-4)17(14,15)13-7-12-9-3-16-7/h3H,2,8H2,1H3,(H,10,11)(H,12,13). The molecule has 0 aliphatic rings. The first-order valence-electron chi connectivity index (χ1n) is 4.57. The largest absolute Gasteiger partial charge is 0.326 e. The molecule has 0 saturated carbocycles. The van der Waals surface area contributed by atoms with Crippen LogP contribution in [0.4, 0.5) is 5.13 Å². The second-order valence-electron chi connectivity index (χ2n) is 3.19. The average Bonchev–Trinajstić information content (AvgIpc) is 2.86. The van der Waals surface area contributed by atoms with E-state index in [2.05, 4.69) is 25.1 Å². The topological polar surface area (TPSA) is 127 Å². The molecule has 10 heteroatoms. The minimum Gasteiger partial charge on any atom is -0.326 e. The summed E-state index contributed by atoms with van der Waals surface area (Å²) in [7, 11) is -3.77. The van der Waals surface area contributed by atoms with Crippen LogP contribution in [0, 0.1) is 6.92 Å². The summed E-state index contributed by atoms with van der Waals surface area (Å²) in [6.07, 6.45) is 0. The smallest absolute Gasteiger partial charge is 0.283 e. The summed E-state index contributed by atoms with van der Waals surface area (Å²) in [5, 5.41) is 13.6. The van der Waals surface area contributed by atoms with Crippen LogP contribution in [0.1, 0.15) is 11.3 Å². The van der Waals surface area contributed by atoms with Crippen LogP contribution >= 0.6 is 11.3 Å². The van der Waals surface area contributed by atoms with Crippen molar-refractivity contribution in [3.05, 3.63) is 16.8 Å². The fourth-order valence-corrected chi connectivity index (χ4v) is 3.18. The van der Waals surface area contributed by atoms with Crippen LogP contribution < -0.4 is 10.5 Å². The zero-order valence-corrected chi connectivity index (χ0v) is 10.5. The van der Waals surface area contributed by atoms with E-state index >= 15 is 0 Å². The number of aromatic amines is 1. The summed E-state index contributed by atoms with van der Waals surface area (Å²) in [5.41, 5.74) is 8.01. The number of nitrogens with two attached hydrogens (primary N) is 1. The lowest BCUT2D eigenvalue weighted by Crippen LogP contribution is -2.16. The number of rotatable bonds is 4. The van der Waals surface area contributed by atoms with Crippen LogP contribution in [0.15, 0.2) is 10.5 Å². The first kappa shape index (κ1) is 12.0. The zero-order chi connectivity index (χ0) is 12.5. The highest BCUT2D eigenvalue weighted by atomic mass is 32.2. The molecular weight excluding hydrogens is 264 g/mol. The summed E-state index contributed by atoms with van der Waals surface area (Å²) in [6, 6.07) is 0. The number of nitrogens with zero attached hydrogens (tertiary/aromatic N) is 3. The summed E-state index contributed by atoms with van der Waals surface area (Å²) in [4.78, 5) is 0. The Bertz CT molecular complexity index is 602. The van der Waals surface area contributed by atoms with E-state index in [1.54, 1.807) is 6.92 Å². The summed E-state index contributed by atoms with van der Waals surface area (Å²) >= 11 is 1.08. The van der Waals surface area contributed by atoms with Crippen molar-refractivity contribution in [1.82, 2.24) is 20.4 Å². The Labute approximate surface area is 101 Å². The Morgan fingerprint density at radius 2 is 2.35 bits per heavy atom. The Morgan fingerprint density at radius 3 is 2.94 bits per heavy atom. The molecule has 0 fully saturated rings. The normalized spacial score (nSPS) is 11.6. The molecule has 17 heavy (non-hydrogen) atoms. The third kappa shape index (κ3) is 2.28. The fraction of sp³-hybridized carbons (Fsp3) is 0.286. The highest BCUT2D eigenvalue weighted by Gasteiger charge is 2.24.